The maximum Gasteiger partial charge on any atom is 0.456 e. The van der Waals surface area contributed by atoms with Crippen molar-refractivity contribution in [1.29, 1.82) is 0 Å². The van der Waals surface area contributed by atoms with Gasteiger partial charge in [0.25, 0.3) is 5.78 Å². The number of alkyl halides is 3. The van der Waals surface area contributed by atoms with E-state index in [1.165, 1.54) is 6.07 Å². The highest BCUT2D eigenvalue weighted by molar-refractivity contribution is 9.10. The lowest BCUT2D eigenvalue weighted by molar-refractivity contribution is -0.0888. The molecule has 100 valence electrons. The van der Waals surface area contributed by atoms with Gasteiger partial charge < -0.3 is 0 Å². The van der Waals surface area contributed by atoms with Crippen LogP contribution in [0.5, 0.6) is 0 Å². The molecule has 0 radical (unpaired) electrons. The van der Waals surface area contributed by atoms with E-state index in [1.54, 1.807) is 0 Å². The van der Waals surface area contributed by atoms with Crippen LogP contribution in [0.25, 0.3) is 5.69 Å². The smallest absolute Gasteiger partial charge is 0.282 e. The van der Waals surface area contributed by atoms with E-state index in [4.69, 9.17) is 0 Å². The molecule has 0 aliphatic carbocycles. The Bertz CT molecular complexity index is 638. The molecular formula is C10H4BrF4N3O. The highest BCUT2D eigenvalue weighted by Crippen LogP contribution is 2.23. The summed E-state index contributed by atoms with van der Waals surface area (Å²) >= 11 is 3.09. The van der Waals surface area contributed by atoms with Crippen LogP contribution in [0.1, 0.15) is 10.5 Å². The van der Waals surface area contributed by atoms with Crippen molar-refractivity contribution in [2.75, 3.05) is 0 Å². The van der Waals surface area contributed by atoms with Gasteiger partial charge >= 0.3 is 6.18 Å². The Labute approximate surface area is 112 Å². The molecule has 0 saturated heterocycles. The third kappa shape index (κ3) is 2.80. The largest absolute Gasteiger partial charge is 0.456 e. The van der Waals surface area contributed by atoms with E-state index in [-0.39, 0.29) is 5.69 Å². The lowest BCUT2D eigenvalue weighted by Gasteiger charge is -2.03. The first-order valence-electron chi connectivity index (χ1n) is 4.78. The van der Waals surface area contributed by atoms with Crippen LogP contribution in [0.4, 0.5) is 17.6 Å². The number of Topliss-reactive ketones (excluding diaryl/α,β-unsaturated/α-hetero) is 1. The predicted octanol–water partition coefficient (Wildman–Crippen LogP) is 2.91. The third-order valence-corrected chi connectivity index (χ3v) is 2.81. The van der Waals surface area contributed by atoms with Crippen molar-refractivity contribution < 1.29 is 22.4 Å². The molecule has 1 aromatic heterocycles. The van der Waals surface area contributed by atoms with E-state index in [9.17, 15) is 22.4 Å². The lowest BCUT2D eigenvalue weighted by atomic mass is 10.3. The van der Waals surface area contributed by atoms with Gasteiger partial charge in [-0.3, -0.25) is 4.79 Å². The topological polar surface area (TPSA) is 47.8 Å². The van der Waals surface area contributed by atoms with Gasteiger partial charge in [0.1, 0.15) is 5.82 Å². The van der Waals surface area contributed by atoms with Crippen molar-refractivity contribution in [2.45, 2.75) is 6.18 Å². The van der Waals surface area contributed by atoms with Crippen LogP contribution in [0.15, 0.2) is 28.9 Å². The number of aromatic nitrogens is 3. The van der Waals surface area contributed by atoms with E-state index in [0.29, 0.717) is 4.47 Å². The van der Waals surface area contributed by atoms with Gasteiger partial charge in [0.05, 0.1) is 11.9 Å². The normalized spacial score (nSPS) is 11.6. The van der Waals surface area contributed by atoms with Gasteiger partial charge in [-0.25, -0.2) is 9.07 Å². The first-order valence-corrected chi connectivity index (χ1v) is 5.57. The molecule has 19 heavy (non-hydrogen) atoms. The Morgan fingerprint density at radius 1 is 1.32 bits per heavy atom. The number of nitrogens with zero attached hydrogens (tertiary/aromatic N) is 3. The maximum atomic E-state index is 13.1. The summed E-state index contributed by atoms with van der Waals surface area (Å²) in [6.45, 7) is 0. The Hall–Kier alpha value is -1.77. The molecule has 4 nitrogen and oxygen atoms in total. The summed E-state index contributed by atoms with van der Waals surface area (Å²) in [5.74, 6) is -2.70. The molecule has 2 aromatic rings. The molecule has 0 spiro atoms. The van der Waals surface area contributed by atoms with Gasteiger partial charge in [0.15, 0.2) is 5.69 Å². The molecule has 0 amide bonds. The van der Waals surface area contributed by atoms with Gasteiger partial charge in [0, 0.05) is 10.5 Å². The SMILES string of the molecule is O=C(c1cn(-c2cc(F)ccc2Br)nn1)C(F)(F)F. The van der Waals surface area contributed by atoms with Crippen LogP contribution < -0.4 is 0 Å². The number of benzene rings is 1. The quantitative estimate of drug-likeness (QED) is 0.625. The molecular weight excluding hydrogens is 334 g/mol. The maximum absolute atomic E-state index is 13.1. The molecule has 0 bridgehead atoms. The Balaban J connectivity index is 2.42. The molecule has 0 fully saturated rings. The Morgan fingerprint density at radius 3 is 2.63 bits per heavy atom. The van der Waals surface area contributed by atoms with Crippen molar-refractivity contribution in [3.8, 4) is 5.69 Å². The van der Waals surface area contributed by atoms with Crippen molar-refractivity contribution in [3.05, 3.63) is 40.4 Å². The Kier molecular flexibility index (Phi) is 3.40. The zero-order valence-corrected chi connectivity index (χ0v) is 10.5. The molecule has 0 saturated carbocycles. The minimum atomic E-state index is -5.03. The summed E-state index contributed by atoms with van der Waals surface area (Å²) in [5, 5.41) is 6.50. The van der Waals surface area contributed by atoms with Gasteiger partial charge in [0.2, 0.25) is 0 Å². The van der Waals surface area contributed by atoms with Crippen LogP contribution in [0.3, 0.4) is 0 Å². The Morgan fingerprint density at radius 2 is 2.00 bits per heavy atom. The zero-order chi connectivity index (χ0) is 14.2. The summed E-state index contributed by atoms with van der Waals surface area (Å²) in [4.78, 5) is 10.9. The number of ketones is 1. The molecule has 0 atom stereocenters. The van der Waals surface area contributed by atoms with Crippen molar-refractivity contribution in [1.82, 2.24) is 15.0 Å². The van der Waals surface area contributed by atoms with Crippen LogP contribution in [-0.4, -0.2) is 27.0 Å². The van der Waals surface area contributed by atoms with Crippen LogP contribution in [0.2, 0.25) is 0 Å². The first-order chi connectivity index (χ1) is 8.79. The monoisotopic (exact) mass is 337 g/mol. The summed E-state index contributed by atoms with van der Waals surface area (Å²) in [6.07, 6.45) is -4.24. The van der Waals surface area contributed by atoms with Crippen molar-refractivity contribution >= 4 is 21.7 Å². The number of rotatable bonds is 2. The third-order valence-electron chi connectivity index (χ3n) is 2.14. The molecule has 1 heterocycles. The second-order valence-corrected chi connectivity index (χ2v) is 4.33. The summed E-state index contributed by atoms with van der Waals surface area (Å²) < 4.78 is 50.9. The minimum absolute atomic E-state index is 0.133. The average molecular weight is 338 g/mol. The highest BCUT2D eigenvalue weighted by Gasteiger charge is 2.41. The van der Waals surface area contributed by atoms with E-state index in [1.807, 2.05) is 0 Å². The fraction of sp³-hybridized carbons (Fsp3) is 0.100. The fourth-order valence-corrected chi connectivity index (χ4v) is 1.72. The molecule has 2 rings (SSSR count). The molecule has 0 unspecified atom stereocenters. The summed E-state index contributed by atoms with van der Waals surface area (Å²) in [7, 11) is 0. The van der Waals surface area contributed by atoms with Gasteiger partial charge in [-0.15, -0.1) is 5.10 Å². The first kappa shape index (κ1) is 13.7. The standard InChI is InChI=1S/C10H4BrF4N3O/c11-6-2-1-5(12)3-8(6)18-4-7(16-17-18)9(19)10(13,14)15/h1-4H. The molecule has 0 aliphatic rings. The lowest BCUT2D eigenvalue weighted by Crippen LogP contribution is -2.23. The second kappa shape index (κ2) is 4.72. The fourth-order valence-electron chi connectivity index (χ4n) is 1.29. The van der Waals surface area contributed by atoms with Gasteiger partial charge in [-0.05, 0) is 28.1 Å². The van der Waals surface area contributed by atoms with E-state index in [2.05, 4.69) is 26.2 Å². The molecule has 0 aliphatic heterocycles. The van der Waals surface area contributed by atoms with E-state index < -0.39 is 23.5 Å². The predicted molar refractivity (Wildman–Crippen MR) is 59.4 cm³/mol. The van der Waals surface area contributed by atoms with Gasteiger partial charge in [-0.1, -0.05) is 5.21 Å². The number of hydrogen-bond donors (Lipinski definition) is 0. The number of hydrogen-bond acceptors (Lipinski definition) is 3. The molecule has 0 N–H and O–H groups in total. The molecule has 1 aromatic carbocycles. The summed E-state index contributed by atoms with van der Waals surface area (Å²) in [6, 6.07) is 3.56. The van der Waals surface area contributed by atoms with E-state index >= 15 is 0 Å². The summed E-state index contributed by atoms with van der Waals surface area (Å²) in [5.41, 5.74) is -0.725. The van der Waals surface area contributed by atoms with Gasteiger partial charge in [-0.2, -0.15) is 13.2 Å². The van der Waals surface area contributed by atoms with Crippen molar-refractivity contribution in [2.24, 2.45) is 0 Å². The van der Waals surface area contributed by atoms with E-state index in [0.717, 1.165) is 23.0 Å². The minimum Gasteiger partial charge on any atom is -0.282 e. The van der Waals surface area contributed by atoms with Crippen LogP contribution >= 0.6 is 15.9 Å². The van der Waals surface area contributed by atoms with Crippen LogP contribution in [0, 0.1) is 5.82 Å². The number of carbonyl (C=O) groups is 1. The van der Waals surface area contributed by atoms with Crippen molar-refractivity contribution in [3.63, 3.8) is 0 Å². The van der Waals surface area contributed by atoms with Crippen LogP contribution in [-0.2, 0) is 0 Å². The average Bonchev–Trinajstić information content (AvgIpc) is 2.79. The number of carbonyl (C=O) groups excluding carboxylic acids is 1. The zero-order valence-electron chi connectivity index (χ0n) is 8.95. The second-order valence-electron chi connectivity index (χ2n) is 3.47. The highest BCUT2D eigenvalue weighted by atomic mass is 79.9. The number of halogens is 5. The molecule has 9 heteroatoms.